The van der Waals surface area contributed by atoms with Gasteiger partial charge in [-0.1, -0.05) is 51.6 Å². The molecule has 2 aromatic carbocycles. The number of ether oxygens (including phenoxy) is 3. The van der Waals surface area contributed by atoms with Crippen molar-refractivity contribution in [3.63, 3.8) is 0 Å². The molecule has 0 fully saturated rings. The molecule has 0 saturated heterocycles. The molecule has 0 aliphatic rings. The molecule has 0 amide bonds. The van der Waals surface area contributed by atoms with Crippen LogP contribution in [0.5, 0.6) is 17.2 Å². The smallest absolute Gasteiger partial charge is 0.156 e. The Bertz CT molecular complexity index is 798. The van der Waals surface area contributed by atoms with Crippen LogP contribution in [0.1, 0.15) is 12.0 Å². The highest BCUT2D eigenvalue weighted by Gasteiger charge is 2.10. The molecule has 0 aromatic heterocycles. The van der Waals surface area contributed by atoms with Crippen LogP contribution < -0.4 is 14.2 Å². The Kier molecular flexibility index (Phi) is 9.58. The van der Waals surface area contributed by atoms with E-state index in [2.05, 4.69) is 5.16 Å². The lowest BCUT2D eigenvalue weighted by Crippen LogP contribution is -2.05. The molecule has 0 aliphatic carbocycles. The monoisotopic (exact) mass is 463 g/mol. The summed E-state index contributed by atoms with van der Waals surface area (Å²) in [5, 5.41) is 12.1. The number of hydrogen-bond acceptors (Lipinski definition) is 5. The molecule has 0 aliphatic heterocycles. The molecule has 0 bridgehead atoms. The lowest BCUT2D eigenvalue weighted by molar-refractivity contribution is 0.247. The van der Waals surface area contributed by atoms with Crippen molar-refractivity contribution in [2.24, 2.45) is 5.16 Å². The van der Waals surface area contributed by atoms with E-state index in [9.17, 15) is 0 Å². The number of nitrogens with zero attached hydrogens (tertiary/aromatic N) is 1. The maximum Gasteiger partial charge on any atom is 0.156 e. The topological polar surface area (TPSA) is 60.3 Å². The van der Waals surface area contributed by atoms with E-state index < -0.39 is 0 Å². The van der Waals surface area contributed by atoms with Gasteiger partial charge in [0.2, 0.25) is 0 Å². The lowest BCUT2D eigenvalue weighted by Gasteiger charge is -2.12. The fourth-order valence-corrected chi connectivity index (χ4v) is 2.80. The van der Waals surface area contributed by atoms with Crippen LogP contribution in [0.4, 0.5) is 0 Å². The van der Waals surface area contributed by atoms with E-state index in [4.69, 9.17) is 65.8 Å². The molecule has 28 heavy (non-hydrogen) atoms. The molecule has 1 N–H and O–H groups in total. The van der Waals surface area contributed by atoms with Crippen LogP contribution in [-0.2, 0) is 0 Å². The maximum atomic E-state index is 8.48. The fraction of sp³-hybridized carbons (Fsp3) is 0.211. The van der Waals surface area contributed by atoms with E-state index in [-0.39, 0.29) is 11.1 Å². The molecule has 0 saturated carbocycles. The molecule has 0 unspecified atom stereocenters. The minimum absolute atomic E-state index is 0.120. The molecule has 2 aromatic rings. The highest BCUT2D eigenvalue weighted by atomic mass is 35.5. The predicted octanol–water partition coefficient (Wildman–Crippen LogP) is 6.35. The van der Waals surface area contributed by atoms with Crippen molar-refractivity contribution in [3.8, 4) is 17.2 Å². The Morgan fingerprint density at radius 1 is 0.929 bits per heavy atom. The van der Waals surface area contributed by atoms with Crippen LogP contribution in [0, 0.1) is 0 Å². The summed E-state index contributed by atoms with van der Waals surface area (Å²) in [6.07, 6.45) is 3.47. The third-order valence-electron chi connectivity index (χ3n) is 3.35. The molecular formula is C19H17Cl4NO4. The SMILES string of the molecule is ON=Cc1ccc(OCCCOc2c(Cl)cc(OCC=C(Cl)Cl)cc2Cl)cc1. The first-order valence-electron chi connectivity index (χ1n) is 8.15. The lowest BCUT2D eigenvalue weighted by atomic mass is 10.2. The molecule has 0 heterocycles. The summed E-state index contributed by atoms with van der Waals surface area (Å²) in [7, 11) is 0. The summed E-state index contributed by atoms with van der Waals surface area (Å²) in [5.74, 6) is 1.57. The van der Waals surface area contributed by atoms with Crippen LogP contribution in [0.25, 0.3) is 0 Å². The molecule has 0 spiro atoms. The average molecular weight is 465 g/mol. The average Bonchev–Trinajstić information content (AvgIpc) is 2.64. The van der Waals surface area contributed by atoms with E-state index in [1.807, 2.05) is 0 Å². The van der Waals surface area contributed by atoms with Crippen LogP contribution in [0.15, 0.2) is 52.1 Å². The van der Waals surface area contributed by atoms with Crippen LogP contribution in [-0.4, -0.2) is 31.2 Å². The zero-order valence-corrected chi connectivity index (χ0v) is 17.6. The Morgan fingerprint density at radius 2 is 1.57 bits per heavy atom. The molecule has 0 radical (unpaired) electrons. The first-order chi connectivity index (χ1) is 13.5. The summed E-state index contributed by atoms with van der Waals surface area (Å²) < 4.78 is 16.8. The second-order valence-corrected chi connectivity index (χ2v) is 7.21. The van der Waals surface area contributed by atoms with Crippen molar-refractivity contribution in [3.05, 3.63) is 62.6 Å². The minimum atomic E-state index is 0.120. The first-order valence-corrected chi connectivity index (χ1v) is 9.67. The standard InChI is InChI=1S/C19H17Cl4NO4/c20-16-10-15(27-9-6-18(22)23)11-17(21)19(16)28-8-1-7-26-14-4-2-13(3-5-14)12-24-25/h2-6,10-12,25H,1,7-9H2. The number of rotatable bonds is 10. The van der Waals surface area contributed by atoms with Gasteiger partial charge in [-0.3, -0.25) is 0 Å². The summed E-state index contributed by atoms with van der Waals surface area (Å²) in [6, 6.07) is 10.4. The van der Waals surface area contributed by atoms with Crippen molar-refractivity contribution in [2.45, 2.75) is 6.42 Å². The summed E-state index contributed by atoms with van der Waals surface area (Å²) in [4.78, 5) is 0. The third-order valence-corrected chi connectivity index (χ3v) is 4.22. The van der Waals surface area contributed by atoms with Gasteiger partial charge in [-0.15, -0.1) is 0 Å². The normalized spacial score (nSPS) is 10.7. The van der Waals surface area contributed by atoms with Gasteiger partial charge in [-0.2, -0.15) is 0 Å². The van der Waals surface area contributed by atoms with Gasteiger partial charge in [-0.05, 0) is 35.9 Å². The van der Waals surface area contributed by atoms with E-state index in [1.54, 1.807) is 36.4 Å². The second-order valence-electron chi connectivity index (χ2n) is 5.38. The molecule has 2 rings (SSSR count). The van der Waals surface area contributed by atoms with Crippen LogP contribution in [0.2, 0.25) is 10.0 Å². The van der Waals surface area contributed by atoms with E-state index in [0.717, 1.165) is 5.56 Å². The molecule has 5 nitrogen and oxygen atoms in total. The number of benzene rings is 2. The Morgan fingerprint density at radius 3 is 2.18 bits per heavy atom. The third kappa shape index (κ3) is 7.68. The number of hydrogen-bond donors (Lipinski definition) is 1. The van der Waals surface area contributed by atoms with Gasteiger partial charge in [-0.25, -0.2) is 0 Å². The number of oxime groups is 1. The first kappa shape index (κ1) is 22.5. The summed E-state index contributed by atoms with van der Waals surface area (Å²) >= 11 is 23.5. The van der Waals surface area contributed by atoms with Crippen molar-refractivity contribution in [2.75, 3.05) is 19.8 Å². The van der Waals surface area contributed by atoms with E-state index >= 15 is 0 Å². The molecular weight excluding hydrogens is 448 g/mol. The van der Waals surface area contributed by atoms with Gasteiger partial charge in [0.1, 0.15) is 22.6 Å². The van der Waals surface area contributed by atoms with Crippen molar-refractivity contribution in [1.82, 2.24) is 0 Å². The Balaban J connectivity index is 1.78. The van der Waals surface area contributed by atoms with Crippen molar-refractivity contribution in [1.29, 1.82) is 0 Å². The van der Waals surface area contributed by atoms with Gasteiger partial charge in [0.05, 0.1) is 29.5 Å². The summed E-state index contributed by atoms with van der Waals surface area (Å²) in [5.41, 5.74) is 0.775. The Labute approximate surface area is 183 Å². The second kappa shape index (κ2) is 11.9. The maximum absolute atomic E-state index is 8.48. The zero-order chi connectivity index (χ0) is 20.4. The quantitative estimate of drug-likeness (QED) is 0.192. The minimum Gasteiger partial charge on any atom is -0.493 e. The van der Waals surface area contributed by atoms with Crippen molar-refractivity contribution >= 4 is 52.6 Å². The largest absolute Gasteiger partial charge is 0.493 e. The predicted molar refractivity (Wildman–Crippen MR) is 113 cm³/mol. The van der Waals surface area contributed by atoms with E-state index in [1.165, 1.54) is 12.3 Å². The van der Waals surface area contributed by atoms with Gasteiger partial charge in [0.15, 0.2) is 5.75 Å². The Hall–Kier alpha value is -1.79. The number of halogens is 4. The van der Waals surface area contributed by atoms with Gasteiger partial charge < -0.3 is 19.4 Å². The van der Waals surface area contributed by atoms with E-state index in [0.29, 0.717) is 46.9 Å². The fourth-order valence-electron chi connectivity index (χ4n) is 2.10. The van der Waals surface area contributed by atoms with Crippen LogP contribution in [0.3, 0.4) is 0 Å². The highest BCUT2D eigenvalue weighted by Crippen LogP contribution is 2.37. The molecule has 0 atom stereocenters. The molecule has 150 valence electrons. The highest BCUT2D eigenvalue weighted by molar-refractivity contribution is 6.55. The van der Waals surface area contributed by atoms with Gasteiger partial charge in [0.25, 0.3) is 0 Å². The van der Waals surface area contributed by atoms with Crippen molar-refractivity contribution < 1.29 is 19.4 Å². The van der Waals surface area contributed by atoms with Gasteiger partial charge in [0, 0.05) is 18.6 Å². The van der Waals surface area contributed by atoms with Crippen LogP contribution >= 0.6 is 46.4 Å². The summed E-state index contributed by atoms with van der Waals surface area (Å²) in [6.45, 7) is 1.02. The molecule has 9 heteroatoms. The zero-order valence-electron chi connectivity index (χ0n) is 14.6. The van der Waals surface area contributed by atoms with Gasteiger partial charge >= 0.3 is 0 Å².